The molecule has 4 nitrogen and oxygen atoms in total. The second-order valence-electron chi connectivity index (χ2n) is 2.57. The SMILES string of the molecule is COc1ccccc1-c1nnc([S-])o1. The number of rotatable bonds is 2. The summed E-state index contributed by atoms with van der Waals surface area (Å²) in [6.07, 6.45) is 0. The van der Waals surface area contributed by atoms with Crippen LogP contribution >= 0.6 is 0 Å². The van der Waals surface area contributed by atoms with E-state index in [-0.39, 0.29) is 5.22 Å². The van der Waals surface area contributed by atoms with E-state index in [4.69, 9.17) is 21.8 Å². The van der Waals surface area contributed by atoms with Gasteiger partial charge in [-0.15, -0.1) is 10.2 Å². The maximum absolute atomic E-state index is 5.15. The minimum Gasteiger partial charge on any atom is -0.719 e. The lowest BCUT2D eigenvalue weighted by atomic mass is 10.2. The molecule has 0 aliphatic carbocycles. The number of ether oxygens (including phenoxy) is 1. The predicted octanol–water partition coefficient (Wildman–Crippen LogP) is 1.65. The van der Waals surface area contributed by atoms with Crippen molar-refractivity contribution in [1.82, 2.24) is 10.2 Å². The smallest absolute Gasteiger partial charge is 0.249 e. The molecule has 72 valence electrons. The third-order valence-corrected chi connectivity index (χ3v) is 1.91. The average Bonchev–Trinajstić information content (AvgIpc) is 2.65. The second-order valence-corrected chi connectivity index (χ2v) is 2.92. The Morgan fingerprint density at radius 2 is 2.07 bits per heavy atom. The summed E-state index contributed by atoms with van der Waals surface area (Å²) in [7, 11) is 1.59. The summed E-state index contributed by atoms with van der Waals surface area (Å²) in [5.41, 5.74) is 0.749. The van der Waals surface area contributed by atoms with E-state index in [2.05, 4.69) is 10.2 Å². The maximum atomic E-state index is 5.15. The van der Waals surface area contributed by atoms with E-state index < -0.39 is 0 Å². The van der Waals surface area contributed by atoms with Crippen LogP contribution in [0.1, 0.15) is 0 Å². The molecule has 1 aromatic heterocycles. The fourth-order valence-corrected chi connectivity index (χ4v) is 1.26. The third kappa shape index (κ3) is 1.54. The van der Waals surface area contributed by atoms with E-state index in [1.807, 2.05) is 24.3 Å². The molecule has 0 amide bonds. The van der Waals surface area contributed by atoms with Gasteiger partial charge < -0.3 is 21.8 Å². The van der Waals surface area contributed by atoms with Gasteiger partial charge in [-0.3, -0.25) is 0 Å². The predicted molar refractivity (Wildman–Crippen MR) is 51.9 cm³/mol. The Balaban J connectivity index is 2.50. The van der Waals surface area contributed by atoms with E-state index in [1.54, 1.807) is 7.11 Å². The van der Waals surface area contributed by atoms with Crippen molar-refractivity contribution in [3.8, 4) is 17.2 Å². The first-order valence-electron chi connectivity index (χ1n) is 3.95. The van der Waals surface area contributed by atoms with Crippen molar-refractivity contribution in [1.29, 1.82) is 0 Å². The van der Waals surface area contributed by atoms with E-state index in [0.717, 1.165) is 5.56 Å². The first-order valence-corrected chi connectivity index (χ1v) is 4.36. The van der Waals surface area contributed by atoms with Crippen LogP contribution in [0.5, 0.6) is 5.75 Å². The number of methoxy groups -OCH3 is 1. The summed E-state index contributed by atoms with van der Waals surface area (Å²) < 4.78 is 10.3. The zero-order valence-corrected chi connectivity index (χ0v) is 8.25. The molecule has 0 saturated carbocycles. The maximum Gasteiger partial charge on any atom is 0.249 e. The molecule has 0 aliphatic rings. The van der Waals surface area contributed by atoms with Gasteiger partial charge in [0.25, 0.3) is 0 Å². The lowest BCUT2D eigenvalue weighted by molar-refractivity contribution is 0.411. The lowest BCUT2D eigenvalue weighted by Crippen LogP contribution is -1.87. The zero-order valence-electron chi connectivity index (χ0n) is 7.43. The summed E-state index contributed by atoms with van der Waals surface area (Å²) in [4.78, 5) is 0. The number of benzene rings is 1. The van der Waals surface area contributed by atoms with E-state index in [9.17, 15) is 0 Å². The van der Waals surface area contributed by atoms with Crippen LogP contribution in [-0.4, -0.2) is 17.3 Å². The number of hydrogen-bond donors (Lipinski definition) is 0. The van der Waals surface area contributed by atoms with Crippen LogP contribution < -0.4 is 4.74 Å². The summed E-state index contributed by atoms with van der Waals surface area (Å²) >= 11 is 4.73. The highest BCUT2D eigenvalue weighted by molar-refractivity contribution is 7.58. The lowest BCUT2D eigenvalue weighted by Gasteiger charge is -2.03. The monoisotopic (exact) mass is 207 g/mol. The summed E-state index contributed by atoms with van der Waals surface area (Å²) in [6, 6.07) is 7.39. The van der Waals surface area contributed by atoms with Crippen LogP contribution in [0.3, 0.4) is 0 Å². The molecule has 0 spiro atoms. The molecule has 0 N–H and O–H groups in total. The van der Waals surface area contributed by atoms with Crippen molar-refractivity contribution in [3.63, 3.8) is 0 Å². The van der Waals surface area contributed by atoms with Crippen molar-refractivity contribution in [2.24, 2.45) is 0 Å². The molecule has 0 unspecified atom stereocenters. The Morgan fingerprint density at radius 1 is 1.29 bits per heavy atom. The van der Waals surface area contributed by atoms with Crippen LogP contribution in [0.15, 0.2) is 33.9 Å². The highest BCUT2D eigenvalue weighted by Gasteiger charge is 2.08. The molecular formula is C9H7N2O2S-. The van der Waals surface area contributed by atoms with Gasteiger partial charge in [0.15, 0.2) is 0 Å². The highest BCUT2D eigenvalue weighted by atomic mass is 32.1. The number of aromatic nitrogens is 2. The Hall–Kier alpha value is -1.62. The van der Waals surface area contributed by atoms with Crippen molar-refractivity contribution >= 4 is 12.6 Å². The standard InChI is InChI=1S/C9H8N2O2S/c1-12-7-5-3-2-4-6(7)8-10-11-9(14)13-8/h2-5H,1H3,(H,11,14)/p-1. The highest BCUT2D eigenvalue weighted by Crippen LogP contribution is 2.27. The van der Waals surface area contributed by atoms with Gasteiger partial charge in [-0.25, -0.2) is 0 Å². The average molecular weight is 207 g/mol. The molecule has 1 heterocycles. The molecule has 14 heavy (non-hydrogen) atoms. The van der Waals surface area contributed by atoms with Crippen LogP contribution in [0, 0.1) is 0 Å². The van der Waals surface area contributed by atoms with Gasteiger partial charge in [0.2, 0.25) is 5.89 Å². The Morgan fingerprint density at radius 3 is 2.71 bits per heavy atom. The summed E-state index contributed by atoms with van der Waals surface area (Å²) in [5, 5.41) is 7.54. The molecule has 2 aromatic rings. The molecule has 0 aliphatic heterocycles. The molecule has 0 saturated heterocycles. The van der Waals surface area contributed by atoms with Gasteiger partial charge in [0, 0.05) is 0 Å². The first kappa shape index (κ1) is 8.96. The molecule has 2 rings (SSSR count). The van der Waals surface area contributed by atoms with Gasteiger partial charge in [-0.05, 0) is 12.1 Å². The number of para-hydroxylation sites is 1. The third-order valence-electron chi connectivity index (χ3n) is 1.74. The zero-order chi connectivity index (χ0) is 9.97. The van der Waals surface area contributed by atoms with Crippen molar-refractivity contribution in [2.45, 2.75) is 5.22 Å². The van der Waals surface area contributed by atoms with Gasteiger partial charge in [0.1, 0.15) is 5.75 Å². The summed E-state index contributed by atoms with van der Waals surface area (Å²) in [6.45, 7) is 0. The molecule has 0 bridgehead atoms. The molecular weight excluding hydrogens is 200 g/mol. The fourth-order valence-electron chi connectivity index (χ4n) is 1.14. The fraction of sp³-hybridized carbons (Fsp3) is 0.111. The molecule has 0 atom stereocenters. The van der Waals surface area contributed by atoms with Crippen molar-refractivity contribution in [2.75, 3.05) is 7.11 Å². The van der Waals surface area contributed by atoms with Crippen LogP contribution in [-0.2, 0) is 12.6 Å². The summed E-state index contributed by atoms with van der Waals surface area (Å²) in [5.74, 6) is 1.07. The molecule has 1 aromatic carbocycles. The molecule has 0 radical (unpaired) electrons. The number of nitrogens with zero attached hydrogens (tertiary/aromatic N) is 2. The van der Waals surface area contributed by atoms with Gasteiger partial charge in [-0.1, -0.05) is 12.1 Å². The second kappa shape index (κ2) is 3.63. The largest absolute Gasteiger partial charge is 0.719 e. The molecule has 0 fully saturated rings. The Labute approximate surface area is 86.3 Å². The normalized spacial score (nSPS) is 10.1. The number of hydrogen-bond acceptors (Lipinski definition) is 5. The minimum absolute atomic E-state index is 0.130. The van der Waals surface area contributed by atoms with E-state index >= 15 is 0 Å². The first-order chi connectivity index (χ1) is 6.81. The van der Waals surface area contributed by atoms with Crippen LogP contribution in [0.25, 0.3) is 11.5 Å². The topological polar surface area (TPSA) is 48.2 Å². The Bertz CT molecular complexity index is 442. The van der Waals surface area contributed by atoms with Gasteiger partial charge >= 0.3 is 0 Å². The molecule has 5 heteroatoms. The van der Waals surface area contributed by atoms with Gasteiger partial charge in [0.05, 0.1) is 17.9 Å². The van der Waals surface area contributed by atoms with Crippen molar-refractivity contribution in [3.05, 3.63) is 24.3 Å². The Kier molecular flexibility index (Phi) is 2.32. The van der Waals surface area contributed by atoms with Crippen LogP contribution in [0.4, 0.5) is 0 Å². The van der Waals surface area contributed by atoms with E-state index in [1.165, 1.54) is 0 Å². The van der Waals surface area contributed by atoms with E-state index in [0.29, 0.717) is 11.6 Å². The minimum atomic E-state index is 0.130. The quantitative estimate of drug-likeness (QED) is 0.701. The van der Waals surface area contributed by atoms with Gasteiger partial charge in [-0.2, -0.15) is 0 Å². The van der Waals surface area contributed by atoms with Crippen molar-refractivity contribution < 1.29 is 9.15 Å². The van der Waals surface area contributed by atoms with Crippen LogP contribution in [0.2, 0.25) is 0 Å².